The van der Waals surface area contributed by atoms with Gasteiger partial charge in [-0.1, -0.05) is 18.2 Å². The molecule has 3 aromatic rings. The molecule has 0 bridgehead atoms. The van der Waals surface area contributed by atoms with Crippen LogP contribution in [0.3, 0.4) is 0 Å². The van der Waals surface area contributed by atoms with Crippen molar-refractivity contribution in [2.45, 2.75) is 32.2 Å². The number of ketones is 1. The number of benzene rings is 2. The Bertz CT molecular complexity index is 1170. The summed E-state index contributed by atoms with van der Waals surface area (Å²) in [4.78, 5) is 32.7. The Morgan fingerprint density at radius 1 is 1.09 bits per heavy atom. The molecule has 0 saturated carbocycles. The zero-order chi connectivity index (χ0) is 22.3. The predicted octanol–water partition coefficient (Wildman–Crippen LogP) is 3.76. The SMILES string of the molecule is CC(=O)c1ccc2[nH]c3c(c2c1)CCN(C(C)=O)C31CCN(CCOc2ccccc2)C1. The average Bonchev–Trinajstić information content (AvgIpc) is 3.37. The highest BCUT2D eigenvalue weighted by atomic mass is 16.5. The minimum absolute atomic E-state index is 0.0724. The third kappa shape index (κ3) is 3.48. The van der Waals surface area contributed by atoms with Crippen molar-refractivity contribution in [1.82, 2.24) is 14.8 Å². The van der Waals surface area contributed by atoms with Gasteiger partial charge in [-0.05, 0) is 55.7 Å². The Kier molecular flexibility index (Phi) is 5.25. The van der Waals surface area contributed by atoms with Gasteiger partial charge in [-0.3, -0.25) is 14.5 Å². The number of H-pyrrole nitrogens is 1. The van der Waals surface area contributed by atoms with E-state index in [0.29, 0.717) is 13.2 Å². The van der Waals surface area contributed by atoms with Crippen LogP contribution in [0.1, 0.15) is 41.9 Å². The number of nitrogens with one attached hydrogen (secondary N) is 1. The largest absolute Gasteiger partial charge is 0.492 e. The Morgan fingerprint density at radius 3 is 2.66 bits per heavy atom. The van der Waals surface area contributed by atoms with E-state index < -0.39 is 0 Å². The van der Waals surface area contributed by atoms with E-state index >= 15 is 0 Å². The maximum atomic E-state index is 12.7. The smallest absolute Gasteiger partial charge is 0.220 e. The molecule has 2 aliphatic rings. The zero-order valence-electron chi connectivity index (χ0n) is 18.7. The Labute approximate surface area is 188 Å². The highest BCUT2D eigenvalue weighted by molar-refractivity contribution is 5.99. The lowest BCUT2D eigenvalue weighted by atomic mass is 9.83. The standard InChI is InChI=1S/C26H29N3O3/c1-18(30)20-8-9-24-23(16-20)22-10-12-29(19(2)31)26(25(22)27-24)11-13-28(17-26)14-15-32-21-6-4-3-5-7-21/h3-9,16,27H,10-15,17H2,1-2H3. The predicted molar refractivity (Wildman–Crippen MR) is 124 cm³/mol. The van der Waals surface area contributed by atoms with Gasteiger partial charge >= 0.3 is 0 Å². The molecule has 1 spiro atoms. The first-order valence-corrected chi connectivity index (χ1v) is 11.3. The van der Waals surface area contributed by atoms with Crippen LogP contribution in [0.2, 0.25) is 0 Å². The summed E-state index contributed by atoms with van der Waals surface area (Å²) >= 11 is 0. The molecular formula is C26H29N3O3. The molecule has 2 aromatic carbocycles. The highest BCUT2D eigenvalue weighted by Crippen LogP contribution is 2.44. The molecule has 2 aliphatic heterocycles. The van der Waals surface area contributed by atoms with Crippen molar-refractivity contribution >= 4 is 22.6 Å². The number of likely N-dealkylation sites (tertiary alicyclic amines) is 1. The van der Waals surface area contributed by atoms with Gasteiger partial charge in [0.25, 0.3) is 0 Å². The number of Topliss-reactive ketones (excluding diaryl/α,β-unsaturated/α-hetero) is 1. The quantitative estimate of drug-likeness (QED) is 0.625. The number of carbonyl (C=O) groups excluding carboxylic acids is 2. The fourth-order valence-electron chi connectivity index (χ4n) is 5.45. The summed E-state index contributed by atoms with van der Waals surface area (Å²) in [7, 11) is 0. The number of hydrogen-bond acceptors (Lipinski definition) is 4. The first-order chi connectivity index (χ1) is 15.5. The van der Waals surface area contributed by atoms with Crippen LogP contribution in [0.5, 0.6) is 5.75 Å². The summed E-state index contributed by atoms with van der Waals surface area (Å²) in [6, 6.07) is 15.7. The summed E-state index contributed by atoms with van der Waals surface area (Å²) < 4.78 is 5.91. The molecule has 6 nitrogen and oxygen atoms in total. The number of aromatic nitrogens is 1. The number of nitrogens with zero attached hydrogens (tertiary/aromatic N) is 2. The molecule has 1 atom stereocenters. The molecule has 3 heterocycles. The van der Waals surface area contributed by atoms with E-state index in [9.17, 15) is 9.59 Å². The lowest BCUT2D eigenvalue weighted by molar-refractivity contribution is -0.136. The van der Waals surface area contributed by atoms with Crippen molar-refractivity contribution in [3.63, 3.8) is 0 Å². The maximum Gasteiger partial charge on any atom is 0.220 e. The molecular weight excluding hydrogens is 402 g/mol. The summed E-state index contributed by atoms with van der Waals surface area (Å²) in [5.74, 6) is 1.06. The summed E-state index contributed by atoms with van der Waals surface area (Å²) in [5.41, 5.74) is 3.80. The third-order valence-corrected chi connectivity index (χ3v) is 7.01. The van der Waals surface area contributed by atoms with Crippen molar-refractivity contribution in [2.75, 3.05) is 32.8 Å². The second-order valence-corrected chi connectivity index (χ2v) is 8.94. The molecule has 1 unspecified atom stereocenters. The van der Waals surface area contributed by atoms with Crippen LogP contribution < -0.4 is 4.74 Å². The van der Waals surface area contributed by atoms with Gasteiger partial charge in [-0.15, -0.1) is 0 Å². The van der Waals surface area contributed by atoms with Crippen LogP contribution >= 0.6 is 0 Å². The van der Waals surface area contributed by atoms with Gasteiger partial charge in [0.15, 0.2) is 5.78 Å². The molecule has 1 amide bonds. The lowest BCUT2D eigenvalue weighted by Crippen LogP contribution is -2.54. The molecule has 0 radical (unpaired) electrons. The van der Waals surface area contributed by atoms with Gasteiger partial charge in [0, 0.05) is 55.3 Å². The molecule has 5 rings (SSSR count). The van der Waals surface area contributed by atoms with Gasteiger partial charge < -0.3 is 14.6 Å². The second-order valence-electron chi connectivity index (χ2n) is 8.94. The van der Waals surface area contributed by atoms with Gasteiger partial charge in [-0.25, -0.2) is 0 Å². The molecule has 32 heavy (non-hydrogen) atoms. The maximum absolute atomic E-state index is 12.7. The third-order valence-electron chi connectivity index (χ3n) is 7.01. The number of ether oxygens (including phenoxy) is 1. The lowest BCUT2D eigenvalue weighted by Gasteiger charge is -2.44. The van der Waals surface area contributed by atoms with Crippen LogP contribution in [0.25, 0.3) is 10.9 Å². The van der Waals surface area contributed by atoms with Crippen molar-refractivity contribution in [1.29, 1.82) is 0 Å². The van der Waals surface area contributed by atoms with E-state index in [-0.39, 0.29) is 17.2 Å². The van der Waals surface area contributed by atoms with E-state index in [1.807, 2.05) is 48.5 Å². The van der Waals surface area contributed by atoms with E-state index in [0.717, 1.165) is 60.4 Å². The van der Waals surface area contributed by atoms with E-state index in [1.54, 1.807) is 13.8 Å². The number of amides is 1. The molecule has 166 valence electrons. The molecule has 6 heteroatoms. The van der Waals surface area contributed by atoms with Crippen LogP contribution in [0.4, 0.5) is 0 Å². The number of para-hydroxylation sites is 1. The molecule has 1 N–H and O–H groups in total. The highest BCUT2D eigenvalue weighted by Gasteiger charge is 2.50. The van der Waals surface area contributed by atoms with Gasteiger partial charge in [0.1, 0.15) is 12.4 Å². The van der Waals surface area contributed by atoms with Gasteiger partial charge in [-0.2, -0.15) is 0 Å². The Hall–Kier alpha value is -3.12. The van der Waals surface area contributed by atoms with Crippen molar-refractivity contribution in [2.24, 2.45) is 0 Å². The summed E-state index contributed by atoms with van der Waals surface area (Å²) in [6.45, 7) is 7.09. The molecule has 0 aliphatic carbocycles. The number of carbonyl (C=O) groups is 2. The second kappa shape index (κ2) is 8.10. The van der Waals surface area contributed by atoms with Crippen LogP contribution in [0, 0.1) is 0 Å². The minimum Gasteiger partial charge on any atom is -0.492 e. The molecule has 1 fully saturated rings. The number of fused-ring (bicyclic) bond motifs is 4. The normalized spacial score (nSPS) is 20.6. The number of hydrogen-bond donors (Lipinski definition) is 1. The first-order valence-electron chi connectivity index (χ1n) is 11.3. The van der Waals surface area contributed by atoms with Crippen LogP contribution in [-0.2, 0) is 16.8 Å². The average molecular weight is 432 g/mol. The topological polar surface area (TPSA) is 65.6 Å². The Balaban J connectivity index is 1.43. The van der Waals surface area contributed by atoms with E-state index in [4.69, 9.17) is 4.74 Å². The summed E-state index contributed by atoms with van der Waals surface area (Å²) in [5, 5.41) is 1.11. The van der Waals surface area contributed by atoms with Gasteiger partial charge in [0.2, 0.25) is 5.91 Å². The number of aromatic amines is 1. The number of rotatable bonds is 5. The van der Waals surface area contributed by atoms with Crippen molar-refractivity contribution < 1.29 is 14.3 Å². The minimum atomic E-state index is -0.360. The van der Waals surface area contributed by atoms with E-state index in [1.165, 1.54) is 5.56 Å². The van der Waals surface area contributed by atoms with Gasteiger partial charge in [0.05, 0.1) is 5.54 Å². The summed E-state index contributed by atoms with van der Waals surface area (Å²) in [6.07, 6.45) is 1.69. The molecule has 1 aromatic heterocycles. The van der Waals surface area contributed by atoms with Crippen molar-refractivity contribution in [3.8, 4) is 5.75 Å². The fraction of sp³-hybridized carbons (Fsp3) is 0.385. The Morgan fingerprint density at radius 2 is 1.91 bits per heavy atom. The van der Waals surface area contributed by atoms with Crippen molar-refractivity contribution in [3.05, 3.63) is 65.4 Å². The first kappa shape index (κ1) is 20.8. The zero-order valence-corrected chi connectivity index (χ0v) is 18.7. The van der Waals surface area contributed by atoms with E-state index in [2.05, 4.69) is 14.8 Å². The van der Waals surface area contributed by atoms with Crippen LogP contribution in [-0.4, -0.2) is 59.3 Å². The monoisotopic (exact) mass is 431 g/mol. The fourth-order valence-corrected chi connectivity index (χ4v) is 5.45. The van der Waals surface area contributed by atoms with Crippen LogP contribution in [0.15, 0.2) is 48.5 Å². The molecule has 1 saturated heterocycles.